The van der Waals surface area contributed by atoms with Gasteiger partial charge in [-0.25, -0.2) is 4.98 Å². The van der Waals surface area contributed by atoms with Gasteiger partial charge in [-0.15, -0.1) is 0 Å². The second kappa shape index (κ2) is 7.09. The van der Waals surface area contributed by atoms with E-state index in [0.29, 0.717) is 5.69 Å². The molecule has 1 amide bonds. The summed E-state index contributed by atoms with van der Waals surface area (Å²) in [6.45, 7) is 1.45. The Morgan fingerprint density at radius 3 is 2.31 bits per heavy atom. The molecule has 0 aliphatic rings. The Hall–Kier alpha value is -3.61. The molecule has 1 aromatic heterocycles. The minimum absolute atomic E-state index is 0.112. The Morgan fingerprint density at radius 2 is 1.59 bits per heavy atom. The average Bonchev–Trinajstić information content (AvgIpc) is 3.07. The van der Waals surface area contributed by atoms with Crippen molar-refractivity contribution in [2.75, 3.05) is 5.32 Å². The quantitative estimate of drug-likeness (QED) is 0.490. The van der Waals surface area contributed by atoms with Crippen LogP contribution in [0, 0.1) is 6.92 Å². The van der Waals surface area contributed by atoms with Crippen LogP contribution in [-0.2, 0) is 6.18 Å². The predicted octanol–water partition coefficient (Wildman–Crippen LogP) is 5.61. The maximum absolute atomic E-state index is 13.6. The highest BCUT2D eigenvalue weighted by molar-refractivity contribution is 6.08. The normalized spacial score (nSPS) is 11.6. The number of halogens is 3. The lowest BCUT2D eigenvalue weighted by Crippen LogP contribution is -2.15. The van der Waals surface area contributed by atoms with E-state index in [2.05, 4.69) is 10.3 Å². The first kappa shape index (κ1) is 18.7. The van der Waals surface area contributed by atoms with Crippen LogP contribution in [0.25, 0.3) is 16.5 Å². The largest absolute Gasteiger partial charge is 0.450 e. The summed E-state index contributed by atoms with van der Waals surface area (Å²) in [6, 6.07) is 20.8. The first-order chi connectivity index (χ1) is 13.9. The number of nitrogens with zero attached hydrogens (tertiary/aromatic N) is 2. The molecule has 3 aromatic carbocycles. The van der Waals surface area contributed by atoms with Crippen molar-refractivity contribution in [2.24, 2.45) is 0 Å². The minimum atomic E-state index is -4.71. The van der Waals surface area contributed by atoms with Gasteiger partial charge in [0.25, 0.3) is 5.91 Å². The van der Waals surface area contributed by atoms with Crippen LogP contribution in [0.1, 0.15) is 22.0 Å². The molecule has 146 valence electrons. The number of benzene rings is 3. The van der Waals surface area contributed by atoms with Gasteiger partial charge in [-0.1, -0.05) is 54.6 Å². The number of alkyl halides is 3. The fraction of sp³-hybridized carbons (Fsp3) is 0.0909. The maximum atomic E-state index is 13.6. The summed E-state index contributed by atoms with van der Waals surface area (Å²) < 4.78 is 41.8. The summed E-state index contributed by atoms with van der Waals surface area (Å²) in [4.78, 5) is 16.5. The second-order valence-electron chi connectivity index (χ2n) is 6.52. The van der Waals surface area contributed by atoms with E-state index in [9.17, 15) is 18.0 Å². The third kappa shape index (κ3) is 3.47. The molecular weight excluding hydrogens is 379 g/mol. The fourth-order valence-electron chi connectivity index (χ4n) is 3.32. The standard InChI is InChI=1S/C22H16F3N3O/c1-14-19(20(29)26-18-13-7-9-15-8-5-6-12-17(15)18)27-21(22(23,24)25)28(14)16-10-3-2-4-11-16/h2-13H,1H3,(H,26,29). The lowest BCUT2D eigenvalue weighted by atomic mass is 10.1. The molecule has 0 unspecified atom stereocenters. The van der Waals surface area contributed by atoms with E-state index in [1.54, 1.807) is 30.3 Å². The summed E-state index contributed by atoms with van der Waals surface area (Å²) >= 11 is 0. The molecule has 1 N–H and O–H groups in total. The molecule has 29 heavy (non-hydrogen) atoms. The molecule has 4 rings (SSSR count). The van der Waals surface area contributed by atoms with Gasteiger partial charge in [0.2, 0.25) is 5.82 Å². The zero-order valence-corrected chi connectivity index (χ0v) is 15.4. The molecule has 1 heterocycles. The first-order valence-corrected chi connectivity index (χ1v) is 8.87. The van der Waals surface area contributed by atoms with E-state index in [1.807, 2.05) is 30.3 Å². The Bertz CT molecular complexity index is 1190. The number of imidazole rings is 1. The molecule has 0 bridgehead atoms. The molecule has 0 radical (unpaired) electrons. The third-order valence-corrected chi connectivity index (χ3v) is 4.63. The summed E-state index contributed by atoms with van der Waals surface area (Å²) in [5, 5.41) is 4.40. The van der Waals surface area contributed by atoms with E-state index in [-0.39, 0.29) is 17.1 Å². The van der Waals surface area contributed by atoms with Gasteiger partial charge in [0.15, 0.2) is 5.69 Å². The molecule has 0 spiro atoms. The summed E-state index contributed by atoms with van der Waals surface area (Å²) in [5.74, 6) is -1.83. The molecule has 0 fully saturated rings. The Labute approximate surface area is 164 Å². The number of carbonyl (C=O) groups excluding carboxylic acids is 1. The number of anilines is 1. The van der Waals surface area contributed by atoms with Crippen LogP contribution in [0.4, 0.5) is 18.9 Å². The van der Waals surface area contributed by atoms with Gasteiger partial charge in [0, 0.05) is 16.8 Å². The van der Waals surface area contributed by atoms with Crippen LogP contribution in [0.5, 0.6) is 0 Å². The monoisotopic (exact) mass is 395 g/mol. The summed E-state index contributed by atoms with van der Waals surface area (Å²) in [5.41, 5.74) is 0.639. The lowest BCUT2D eigenvalue weighted by Gasteiger charge is -2.12. The van der Waals surface area contributed by atoms with Crippen molar-refractivity contribution in [3.63, 3.8) is 0 Å². The third-order valence-electron chi connectivity index (χ3n) is 4.63. The van der Waals surface area contributed by atoms with Crippen molar-refractivity contribution in [3.8, 4) is 5.69 Å². The molecule has 0 aliphatic heterocycles. The van der Waals surface area contributed by atoms with Crippen molar-refractivity contribution < 1.29 is 18.0 Å². The van der Waals surface area contributed by atoms with Crippen LogP contribution < -0.4 is 5.32 Å². The second-order valence-corrected chi connectivity index (χ2v) is 6.52. The van der Waals surface area contributed by atoms with Gasteiger partial charge in [-0.3, -0.25) is 9.36 Å². The lowest BCUT2D eigenvalue weighted by molar-refractivity contribution is -0.146. The van der Waals surface area contributed by atoms with Gasteiger partial charge in [-0.2, -0.15) is 13.2 Å². The summed E-state index contributed by atoms with van der Waals surface area (Å²) in [6.07, 6.45) is -4.71. The number of nitrogens with one attached hydrogen (secondary N) is 1. The first-order valence-electron chi connectivity index (χ1n) is 8.87. The smallest absolute Gasteiger partial charge is 0.320 e. The zero-order chi connectivity index (χ0) is 20.6. The van der Waals surface area contributed by atoms with E-state index in [1.165, 1.54) is 19.1 Å². The van der Waals surface area contributed by atoms with Gasteiger partial charge < -0.3 is 5.32 Å². The molecule has 4 nitrogen and oxygen atoms in total. The highest BCUT2D eigenvalue weighted by Crippen LogP contribution is 2.33. The number of para-hydroxylation sites is 1. The number of aromatic nitrogens is 2. The van der Waals surface area contributed by atoms with Gasteiger partial charge >= 0.3 is 6.18 Å². The number of rotatable bonds is 3. The Kier molecular flexibility index (Phi) is 4.58. The molecule has 0 aliphatic carbocycles. The van der Waals surface area contributed by atoms with Gasteiger partial charge in [0.05, 0.1) is 5.69 Å². The fourth-order valence-corrected chi connectivity index (χ4v) is 3.32. The van der Waals surface area contributed by atoms with Gasteiger partial charge in [0.1, 0.15) is 0 Å². The van der Waals surface area contributed by atoms with Crippen LogP contribution >= 0.6 is 0 Å². The molecule has 0 saturated heterocycles. The molecular formula is C22H16F3N3O. The van der Waals surface area contributed by atoms with Crippen molar-refractivity contribution in [2.45, 2.75) is 13.1 Å². The number of hydrogen-bond acceptors (Lipinski definition) is 2. The van der Waals surface area contributed by atoms with E-state index >= 15 is 0 Å². The van der Waals surface area contributed by atoms with E-state index in [0.717, 1.165) is 15.3 Å². The summed E-state index contributed by atoms with van der Waals surface area (Å²) in [7, 11) is 0. The number of carbonyl (C=O) groups is 1. The molecule has 4 aromatic rings. The van der Waals surface area contributed by atoms with Gasteiger partial charge in [-0.05, 0) is 30.5 Å². The van der Waals surface area contributed by atoms with Crippen molar-refractivity contribution in [1.82, 2.24) is 9.55 Å². The van der Waals surface area contributed by atoms with Crippen LogP contribution in [-0.4, -0.2) is 15.5 Å². The topological polar surface area (TPSA) is 46.9 Å². The molecule has 0 saturated carbocycles. The Morgan fingerprint density at radius 1 is 0.931 bits per heavy atom. The number of hydrogen-bond donors (Lipinski definition) is 1. The van der Waals surface area contributed by atoms with Crippen molar-refractivity contribution in [3.05, 3.63) is 90.0 Å². The average molecular weight is 395 g/mol. The predicted molar refractivity (Wildman–Crippen MR) is 105 cm³/mol. The van der Waals surface area contributed by atoms with Crippen LogP contribution in [0.2, 0.25) is 0 Å². The number of fused-ring (bicyclic) bond motifs is 1. The minimum Gasteiger partial charge on any atom is -0.320 e. The highest BCUT2D eigenvalue weighted by atomic mass is 19.4. The Balaban J connectivity index is 1.79. The van der Waals surface area contributed by atoms with Crippen LogP contribution in [0.15, 0.2) is 72.8 Å². The maximum Gasteiger partial charge on any atom is 0.450 e. The van der Waals surface area contributed by atoms with E-state index in [4.69, 9.17) is 0 Å². The molecule has 7 heteroatoms. The van der Waals surface area contributed by atoms with Crippen LogP contribution in [0.3, 0.4) is 0 Å². The van der Waals surface area contributed by atoms with Crippen molar-refractivity contribution >= 4 is 22.4 Å². The number of amides is 1. The zero-order valence-electron chi connectivity index (χ0n) is 15.4. The van der Waals surface area contributed by atoms with E-state index < -0.39 is 17.9 Å². The molecule has 0 atom stereocenters. The highest BCUT2D eigenvalue weighted by Gasteiger charge is 2.39. The SMILES string of the molecule is Cc1c(C(=O)Nc2cccc3ccccc23)nc(C(F)(F)F)n1-c1ccccc1. The van der Waals surface area contributed by atoms with Crippen molar-refractivity contribution in [1.29, 1.82) is 0 Å².